The Hall–Kier alpha value is -2.56. The van der Waals surface area contributed by atoms with Gasteiger partial charge in [-0.2, -0.15) is 0 Å². The van der Waals surface area contributed by atoms with Gasteiger partial charge in [-0.3, -0.25) is 0 Å². The van der Waals surface area contributed by atoms with Crippen LogP contribution in [0.3, 0.4) is 0 Å². The number of carbonyl (C=O) groups is 1. The van der Waals surface area contributed by atoms with Crippen molar-refractivity contribution in [1.82, 2.24) is 10.1 Å². The number of aromatic nitrogens is 2. The molecule has 0 unspecified atom stereocenters. The lowest BCUT2D eigenvalue weighted by Crippen LogP contribution is -2.06. The van der Waals surface area contributed by atoms with E-state index in [9.17, 15) is 4.79 Å². The van der Waals surface area contributed by atoms with Crippen molar-refractivity contribution in [3.05, 3.63) is 52.0 Å². The third kappa shape index (κ3) is 2.50. The summed E-state index contributed by atoms with van der Waals surface area (Å²) in [7, 11) is 0. The number of benzene rings is 1. The first-order valence-corrected chi connectivity index (χ1v) is 8.36. The van der Waals surface area contributed by atoms with Crippen LogP contribution in [0.4, 0.5) is 0 Å². The molecular weight excluding hydrogens is 304 g/mol. The summed E-state index contributed by atoms with van der Waals surface area (Å²) >= 11 is 0. The lowest BCUT2D eigenvalue weighted by molar-refractivity contribution is 0.0471. The van der Waals surface area contributed by atoms with E-state index in [0.29, 0.717) is 11.3 Å². The van der Waals surface area contributed by atoms with E-state index in [1.807, 2.05) is 32.0 Å². The van der Waals surface area contributed by atoms with Crippen LogP contribution in [0.25, 0.3) is 10.9 Å². The Labute approximate surface area is 140 Å². The number of rotatable bonds is 3. The van der Waals surface area contributed by atoms with Crippen molar-refractivity contribution in [3.8, 4) is 0 Å². The van der Waals surface area contributed by atoms with Gasteiger partial charge in [0.25, 0.3) is 0 Å². The predicted molar refractivity (Wildman–Crippen MR) is 90.0 cm³/mol. The van der Waals surface area contributed by atoms with Crippen molar-refractivity contribution < 1.29 is 14.1 Å². The van der Waals surface area contributed by atoms with Crippen molar-refractivity contribution in [2.24, 2.45) is 0 Å². The largest absolute Gasteiger partial charge is 0.457 e. The van der Waals surface area contributed by atoms with Gasteiger partial charge in [0.2, 0.25) is 0 Å². The molecule has 0 bridgehead atoms. The summed E-state index contributed by atoms with van der Waals surface area (Å²) in [5, 5.41) is 5.03. The zero-order chi connectivity index (χ0) is 16.7. The van der Waals surface area contributed by atoms with Crippen molar-refractivity contribution in [1.29, 1.82) is 0 Å². The van der Waals surface area contributed by atoms with E-state index in [2.05, 4.69) is 10.1 Å². The second-order valence-corrected chi connectivity index (χ2v) is 6.43. The Bertz CT molecular complexity index is 901. The van der Waals surface area contributed by atoms with Crippen LogP contribution in [-0.2, 0) is 24.2 Å². The van der Waals surface area contributed by atoms with Crippen LogP contribution >= 0.6 is 0 Å². The fourth-order valence-corrected chi connectivity index (χ4v) is 3.46. The minimum absolute atomic E-state index is 0.184. The number of H-pyrrole nitrogens is 1. The zero-order valence-corrected chi connectivity index (χ0v) is 13.9. The highest BCUT2D eigenvalue weighted by molar-refractivity contribution is 5.96. The third-order valence-electron chi connectivity index (χ3n) is 4.86. The average molecular weight is 324 g/mol. The lowest BCUT2D eigenvalue weighted by Gasteiger charge is -2.10. The molecule has 3 aromatic rings. The maximum Gasteiger partial charge on any atom is 0.338 e. The number of nitrogens with one attached hydrogen (secondary N) is 1. The van der Waals surface area contributed by atoms with E-state index >= 15 is 0 Å². The lowest BCUT2D eigenvalue weighted by atomic mass is 9.95. The number of nitrogens with zero attached hydrogens (tertiary/aromatic N) is 1. The van der Waals surface area contributed by atoms with Crippen molar-refractivity contribution in [3.63, 3.8) is 0 Å². The fraction of sp³-hybridized carbons (Fsp3) is 0.368. The molecule has 0 amide bonds. The normalized spacial score (nSPS) is 13.9. The average Bonchev–Trinajstić information content (AvgIpc) is 3.12. The van der Waals surface area contributed by atoms with Gasteiger partial charge in [0.1, 0.15) is 12.4 Å². The van der Waals surface area contributed by atoms with E-state index in [-0.39, 0.29) is 12.6 Å². The van der Waals surface area contributed by atoms with Crippen LogP contribution in [0.5, 0.6) is 0 Å². The van der Waals surface area contributed by atoms with Crippen LogP contribution in [0.1, 0.15) is 51.5 Å². The molecule has 0 spiro atoms. The third-order valence-corrected chi connectivity index (χ3v) is 4.86. The minimum atomic E-state index is -0.317. The molecule has 2 aromatic heterocycles. The van der Waals surface area contributed by atoms with E-state index < -0.39 is 0 Å². The molecule has 1 aromatic carbocycles. The first-order chi connectivity index (χ1) is 11.6. The van der Waals surface area contributed by atoms with Gasteiger partial charge in [0, 0.05) is 16.6 Å². The molecule has 2 heterocycles. The van der Waals surface area contributed by atoms with Crippen LogP contribution < -0.4 is 0 Å². The molecule has 1 aliphatic rings. The maximum absolute atomic E-state index is 12.4. The summed E-state index contributed by atoms with van der Waals surface area (Å²) < 4.78 is 10.6. The first kappa shape index (κ1) is 15.0. The van der Waals surface area contributed by atoms with Gasteiger partial charge in [-0.05, 0) is 63.3 Å². The number of aromatic amines is 1. The quantitative estimate of drug-likeness (QED) is 0.739. The molecule has 0 radical (unpaired) electrons. The summed E-state index contributed by atoms with van der Waals surface area (Å²) in [6.45, 7) is 3.85. The number of aryl methyl sites for hydroxylation is 4. The van der Waals surface area contributed by atoms with Gasteiger partial charge >= 0.3 is 5.97 Å². The van der Waals surface area contributed by atoms with Gasteiger partial charge in [0.15, 0.2) is 0 Å². The topological polar surface area (TPSA) is 68.1 Å². The standard InChI is InChI=1S/C19H20N2O3/c1-11-16(12(2)24-21-11)10-23-19(22)13-7-8-18-15(9-13)14-5-3-4-6-17(14)20-18/h7-9,20H,3-6,10H2,1-2H3. The molecule has 0 aliphatic heterocycles. The first-order valence-electron chi connectivity index (χ1n) is 8.36. The Morgan fingerprint density at radius 1 is 1.29 bits per heavy atom. The monoisotopic (exact) mass is 324 g/mol. The molecule has 5 heteroatoms. The number of hydrogen-bond acceptors (Lipinski definition) is 4. The number of fused-ring (bicyclic) bond motifs is 3. The van der Waals surface area contributed by atoms with Crippen LogP contribution in [-0.4, -0.2) is 16.1 Å². The summed E-state index contributed by atoms with van der Waals surface area (Å²) in [6, 6.07) is 5.74. The highest BCUT2D eigenvalue weighted by Gasteiger charge is 2.18. The maximum atomic E-state index is 12.4. The minimum Gasteiger partial charge on any atom is -0.457 e. The Balaban J connectivity index is 1.58. The van der Waals surface area contributed by atoms with Crippen LogP contribution in [0, 0.1) is 13.8 Å². The van der Waals surface area contributed by atoms with Gasteiger partial charge in [-0.25, -0.2) is 4.79 Å². The molecule has 24 heavy (non-hydrogen) atoms. The van der Waals surface area contributed by atoms with Crippen molar-refractivity contribution in [2.45, 2.75) is 46.1 Å². The summed E-state index contributed by atoms with van der Waals surface area (Å²) in [5.74, 6) is 0.373. The predicted octanol–water partition coefficient (Wildman–Crippen LogP) is 4.01. The van der Waals surface area contributed by atoms with Gasteiger partial charge < -0.3 is 14.2 Å². The smallest absolute Gasteiger partial charge is 0.338 e. The summed E-state index contributed by atoms with van der Waals surface area (Å²) in [6.07, 6.45) is 4.61. The van der Waals surface area contributed by atoms with Gasteiger partial charge in [-0.1, -0.05) is 5.16 Å². The van der Waals surface area contributed by atoms with Crippen molar-refractivity contribution in [2.75, 3.05) is 0 Å². The Morgan fingerprint density at radius 3 is 2.92 bits per heavy atom. The number of ether oxygens (including phenoxy) is 1. The molecule has 0 saturated heterocycles. The highest BCUT2D eigenvalue weighted by Crippen LogP contribution is 2.30. The van der Waals surface area contributed by atoms with Gasteiger partial charge in [0.05, 0.1) is 16.8 Å². The number of esters is 1. The Morgan fingerprint density at radius 2 is 2.12 bits per heavy atom. The number of hydrogen-bond donors (Lipinski definition) is 1. The molecule has 124 valence electrons. The van der Waals surface area contributed by atoms with E-state index in [0.717, 1.165) is 35.0 Å². The highest BCUT2D eigenvalue weighted by atomic mass is 16.5. The van der Waals surface area contributed by atoms with E-state index in [4.69, 9.17) is 9.26 Å². The molecule has 4 rings (SSSR count). The molecule has 1 aliphatic carbocycles. The van der Waals surface area contributed by atoms with Crippen LogP contribution in [0.2, 0.25) is 0 Å². The fourth-order valence-electron chi connectivity index (χ4n) is 3.46. The molecular formula is C19H20N2O3. The summed E-state index contributed by atoms with van der Waals surface area (Å²) in [4.78, 5) is 15.9. The zero-order valence-electron chi connectivity index (χ0n) is 13.9. The second kappa shape index (κ2) is 5.82. The molecule has 0 saturated carbocycles. The molecule has 0 atom stereocenters. The molecule has 1 N–H and O–H groups in total. The van der Waals surface area contributed by atoms with Crippen LogP contribution in [0.15, 0.2) is 22.7 Å². The van der Waals surface area contributed by atoms with E-state index in [1.165, 1.54) is 24.1 Å². The number of carbonyl (C=O) groups excluding carboxylic acids is 1. The summed E-state index contributed by atoms with van der Waals surface area (Å²) in [5.41, 5.74) is 5.96. The van der Waals surface area contributed by atoms with E-state index in [1.54, 1.807) is 0 Å². The van der Waals surface area contributed by atoms with Gasteiger partial charge in [-0.15, -0.1) is 0 Å². The Kier molecular flexibility index (Phi) is 3.63. The molecule has 0 fully saturated rings. The van der Waals surface area contributed by atoms with Crippen molar-refractivity contribution >= 4 is 16.9 Å². The SMILES string of the molecule is Cc1noc(C)c1COC(=O)c1ccc2[nH]c3c(c2c1)CCCC3. The second-order valence-electron chi connectivity index (χ2n) is 6.43. The molecule has 5 nitrogen and oxygen atoms in total.